The van der Waals surface area contributed by atoms with E-state index in [-0.39, 0.29) is 12.4 Å². The standard InChI is InChI=1S/C21H34FN3O/c1-17(2)24-10-7-20(8-11-24)25-13-12-23(16-21(25)9-14-26)15-18-3-5-19(22)6-4-18/h3-6,17,20-21,26H,7-16H2,1-2H3/t21-/m0/s1. The van der Waals surface area contributed by atoms with Gasteiger partial charge in [0.15, 0.2) is 0 Å². The first kappa shape index (κ1) is 19.7. The molecule has 2 heterocycles. The van der Waals surface area contributed by atoms with Crippen LogP contribution in [0.2, 0.25) is 0 Å². The minimum absolute atomic E-state index is 0.176. The molecule has 2 aliphatic rings. The van der Waals surface area contributed by atoms with Crippen molar-refractivity contribution >= 4 is 0 Å². The van der Waals surface area contributed by atoms with Gasteiger partial charge in [-0.3, -0.25) is 9.80 Å². The third-order valence-corrected chi connectivity index (χ3v) is 6.09. The van der Waals surface area contributed by atoms with Gasteiger partial charge in [0.25, 0.3) is 0 Å². The Morgan fingerprint density at radius 1 is 1.08 bits per heavy atom. The van der Waals surface area contributed by atoms with Gasteiger partial charge in [-0.2, -0.15) is 0 Å². The Hall–Kier alpha value is -1.01. The summed E-state index contributed by atoms with van der Waals surface area (Å²) in [6.07, 6.45) is 3.31. The van der Waals surface area contributed by atoms with E-state index in [1.807, 2.05) is 12.1 Å². The van der Waals surface area contributed by atoms with Gasteiger partial charge >= 0.3 is 0 Å². The predicted molar refractivity (Wildman–Crippen MR) is 104 cm³/mol. The van der Waals surface area contributed by atoms with Gasteiger partial charge in [0, 0.05) is 50.9 Å². The number of aliphatic hydroxyl groups excluding tert-OH is 1. The summed E-state index contributed by atoms with van der Waals surface area (Å²) in [5, 5.41) is 9.56. The van der Waals surface area contributed by atoms with E-state index in [1.165, 1.54) is 25.9 Å². The summed E-state index contributed by atoms with van der Waals surface area (Å²) in [5.74, 6) is -0.176. The third kappa shape index (κ3) is 5.03. The fourth-order valence-electron chi connectivity index (χ4n) is 4.55. The largest absolute Gasteiger partial charge is 0.396 e. The van der Waals surface area contributed by atoms with E-state index in [9.17, 15) is 9.50 Å². The zero-order chi connectivity index (χ0) is 18.5. The van der Waals surface area contributed by atoms with Gasteiger partial charge in [0.1, 0.15) is 5.82 Å². The van der Waals surface area contributed by atoms with Gasteiger partial charge in [-0.25, -0.2) is 4.39 Å². The Bertz CT molecular complexity index is 543. The molecule has 2 saturated heterocycles. The number of rotatable bonds is 6. The number of aliphatic hydroxyl groups is 1. The van der Waals surface area contributed by atoms with E-state index in [1.54, 1.807) is 12.1 Å². The molecule has 0 unspecified atom stereocenters. The van der Waals surface area contributed by atoms with E-state index in [0.29, 0.717) is 18.1 Å². The molecular formula is C21H34FN3O. The van der Waals surface area contributed by atoms with Crippen molar-refractivity contribution in [3.05, 3.63) is 35.6 Å². The maximum absolute atomic E-state index is 13.1. The van der Waals surface area contributed by atoms with Crippen LogP contribution in [0.5, 0.6) is 0 Å². The molecule has 0 bridgehead atoms. The third-order valence-electron chi connectivity index (χ3n) is 6.09. The smallest absolute Gasteiger partial charge is 0.123 e. The molecule has 0 radical (unpaired) electrons. The summed E-state index contributed by atoms with van der Waals surface area (Å²) in [4.78, 5) is 7.69. The molecule has 5 heteroatoms. The van der Waals surface area contributed by atoms with Crippen molar-refractivity contribution in [1.29, 1.82) is 0 Å². The van der Waals surface area contributed by atoms with Crippen LogP contribution in [0.15, 0.2) is 24.3 Å². The lowest BCUT2D eigenvalue weighted by Crippen LogP contribution is -2.58. The average Bonchev–Trinajstić information content (AvgIpc) is 2.64. The number of hydrogen-bond donors (Lipinski definition) is 1. The lowest BCUT2D eigenvalue weighted by molar-refractivity contribution is -0.0000344. The first-order chi connectivity index (χ1) is 12.6. The quantitative estimate of drug-likeness (QED) is 0.841. The molecule has 2 aliphatic heterocycles. The molecule has 1 atom stereocenters. The van der Waals surface area contributed by atoms with Crippen LogP contribution in [0, 0.1) is 5.82 Å². The summed E-state index contributed by atoms with van der Waals surface area (Å²) in [5.41, 5.74) is 1.16. The van der Waals surface area contributed by atoms with Crippen molar-refractivity contribution in [3.63, 3.8) is 0 Å². The Kier molecular flexibility index (Phi) is 7.04. The number of halogens is 1. The summed E-state index contributed by atoms with van der Waals surface area (Å²) in [7, 11) is 0. The normalized spacial score (nSPS) is 24.4. The second-order valence-corrected chi connectivity index (χ2v) is 8.13. The molecule has 4 nitrogen and oxygen atoms in total. The van der Waals surface area contributed by atoms with E-state index < -0.39 is 0 Å². The highest BCUT2D eigenvalue weighted by molar-refractivity contribution is 5.16. The van der Waals surface area contributed by atoms with Crippen molar-refractivity contribution in [1.82, 2.24) is 14.7 Å². The second kappa shape index (κ2) is 9.27. The van der Waals surface area contributed by atoms with Crippen molar-refractivity contribution in [2.24, 2.45) is 0 Å². The molecule has 2 fully saturated rings. The van der Waals surface area contributed by atoms with E-state index in [4.69, 9.17) is 0 Å². The van der Waals surface area contributed by atoms with Crippen LogP contribution in [0.4, 0.5) is 4.39 Å². The lowest BCUT2D eigenvalue weighted by Gasteiger charge is -2.48. The molecule has 0 aromatic heterocycles. The Labute approximate surface area is 157 Å². The molecule has 26 heavy (non-hydrogen) atoms. The summed E-state index contributed by atoms with van der Waals surface area (Å²) < 4.78 is 13.1. The Balaban J connectivity index is 1.57. The molecule has 3 rings (SSSR count). The minimum Gasteiger partial charge on any atom is -0.396 e. The maximum atomic E-state index is 13.1. The molecule has 1 aromatic carbocycles. The lowest BCUT2D eigenvalue weighted by atomic mass is 9.97. The maximum Gasteiger partial charge on any atom is 0.123 e. The van der Waals surface area contributed by atoms with E-state index >= 15 is 0 Å². The fraction of sp³-hybridized carbons (Fsp3) is 0.714. The van der Waals surface area contributed by atoms with Gasteiger partial charge in [-0.15, -0.1) is 0 Å². The monoisotopic (exact) mass is 363 g/mol. The molecule has 0 aliphatic carbocycles. The van der Waals surface area contributed by atoms with Gasteiger partial charge in [-0.05, 0) is 63.9 Å². The van der Waals surface area contributed by atoms with Crippen LogP contribution in [0.3, 0.4) is 0 Å². The highest BCUT2D eigenvalue weighted by atomic mass is 19.1. The van der Waals surface area contributed by atoms with Gasteiger partial charge in [-0.1, -0.05) is 12.1 Å². The average molecular weight is 364 g/mol. The van der Waals surface area contributed by atoms with Crippen LogP contribution in [-0.2, 0) is 6.54 Å². The van der Waals surface area contributed by atoms with Crippen molar-refractivity contribution in [3.8, 4) is 0 Å². The van der Waals surface area contributed by atoms with Crippen LogP contribution in [-0.4, -0.2) is 77.3 Å². The first-order valence-corrected chi connectivity index (χ1v) is 10.1. The molecule has 0 amide bonds. The van der Waals surface area contributed by atoms with Crippen molar-refractivity contribution in [2.45, 2.75) is 57.8 Å². The van der Waals surface area contributed by atoms with Crippen molar-refractivity contribution in [2.75, 3.05) is 39.3 Å². The topological polar surface area (TPSA) is 30.0 Å². The fourth-order valence-corrected chi connectivity index (χ4v) is 4.55. The molecule has 1 aromatic rings. The van der Waals surface area contributed by atoms with Crippen LogP contribution >= 0.6 is 0 Å². The highest BCUT2D eigenvalue weighted by Gasteiger charge is 2.33. The number of hydrogen-bond acceptors (Lipinski definition) is 4. The van der Waals surface area contributed by atoms with Crippen LogP contribution in [0.1, 0.15) is 38.7 Å². The first-order valence-electron chi connectivity index (χ1n) is 10.1. The van der Waals surface area contributed by atoms with Gasteiger partial charge in [0.2, 0.25) is 0 Å². The Morgan fingerprint density at radius 3 is 2.38 bits per heavy atom. The summed E-state index contributed by atoms with van der Waals surface area (Å²) in [6, 6.07) is 8.55. The molecule has 0 spiro atoms. The molecule has 1 N–H and O–H groups in total. The number of benzene rings is 1. The molecular weight excluding hydrogens is 329 g/mol. The highest BCUT2D eigenvalue weighted by Crippen LogP contribution is 2.25. The second-order valence-electron chi connectivity index (χ2n) is 8.13. The van der Waals surface area contributed by atoms with Crippen LogP contribution < -0.4 is 0 Å². The molecule has 0 saturated carbocycles. The number of nitrogens with zero attached hydrogens (tertiary/aromatic N) is 3. The minimum atomic E-state index is -0.176. The molecule has 146 valence electrons. The predicted octanol–water partition coefficient (Wildman–Crippen LogP) is 2.57. The van der Waals surface area contributed by atoms with Gasteiger partial charge < -0.3 is 10.0 Å². The zero-order valence-corrected chi connectivity index (χ0v) is 16.3. The van der Waals surface area contributed by atoms with Crippen LogP contribution in [0.25, 0.3) is 0 Å². The zero-order valence-electron chi connectivity index (χ0n) is 16.3. The number of likely N-dealkylation sites (tertiary alicyclic amines) is 1. The summed E-state index contributed by atoms with van der Waals surface area (Å²) >= 11 is 0. The summed E-state index contributed by atoms with van der Waals surface area (Å²) in [6.45, 7) is 11.1. The van der Waals surface area contributed by atoms with E-state index in [2.05, 4.69) is 28.5 Å². The number of piperidine rings is 1. The van der Waals surface area contributed by atoms with Crippen molar-refractivity contribution < 1.29 is 9.50 Å². The Morgan fingerprint density at radius 2 is 1.77 bits per heavy atom. The van der Waals surface area contributed by atoms with Gasteiger partial charge in [0.05, 0.1) is 0 Å². The van der Waals surface area contributed by atoms with E-state index in [0.717, 1.165) is 38.2 Å². The number of piperazine rings is 1. The SMILES string of the molecule is CC(C)N1CCC(N2CCN(Cc3ccc(F)cc3)C[C@@H]2CCO)CC1.